The average molecular weight is 377 g/mol. The van der Waals surface area contributed by atoms with E-state index in [2.05, 4.69) is 0 Å². The lowest BCUT2D eigenvalue weighted by atomic mass is 10.0. The third kappa shape index (κ3) is 3.56. The lowest BCUT2D eigenvalue weighted by Crippen LogP contribution is -2.24. The molecule has 0 spiro atoms. The molecule has 2 aromatic rings. The van der Waals surface area contributed by atoms with Gasteiger partial charge >= 0.3 is 5.97 Å². The minimum atomic E-state index is -0.541. The van der Waals surface area contributed by atoms with Crippen LogP contribution >= 0.6 is 0 Å². The van der Waals surface area contributed by atoms with E-state index in [0.717, 1.165) is 11.1 Å². The first-order chi connectivity index (χ1) is 13.5. The number of rotatable bonds is 5. The Morgan fingerprint density at radius 2 is 1.75 bits per heavy atom. The van der Waals surface area contributed by atoms with Crippen molar-refractivity contribution in [2.75, 3.05) is 18.6 Å². The van der Waals surface area contributed by atoms with E-state index in [0.29, 0.717) is 23.7 Å². The molecule has 3 rings (SSSR count). The average Bonchev–Trinajstić information content (AvgIpc) is 2.94. The van der Waals surface area contributed by atoms with Crippen molar-refractivity contribution >= 4 is 23.6 Å². The van der Waals surface area contributed by atoms with Crippen molar-refractivity contribution in [2.24, 2.45) is 0 Å². The Balaban J connectivity index is 2.14. The van der Waals surface area contributed by atoms with Crippen LogP contribution in [0.3, 0.4) is 0 Å². The van der Waals surface area contributed by atoms with Crippen molar-refractivity contribution in [1.29, 1.82) is 0 Å². The minimum absolute atomic E-state index is 0.263. The lowest BCUT2D eigenvalue weighted by Gasteiger charge is -2.18. The van der Waals surface area contributed by atoms with Crippen LogP contribution in [0.5, 0.6) is 5.75 Å². The number of methoxy groups -OCH3 is 1. The molecule has 5 nitrogen and oxygen atoms in total. The maximum Gasteiger partial charge on any atom is 0.340 e. The van der Waals surface area contributed by atoms with Gasteiger partial charge in [0.1, 0.15) is 5.75 Å². The van der Waals surface area contributed by atoms with Gasteiger partial charge in [-0.25, -0.2) is 4.79 Å². The van der Waals surface area contributed by atoms with E-state index in [1.165, 1.54) is 7.11 Å². The number of ether oxygens (including phenoxy) is 2. The first-order valence-electron chi connectivity index (χ1n) is 9.12. The molecule has 0 saturated carbocycles. The number of esters is 1. The van der Waals surface area contributed by atoms with E-state index in [4.69, 9.17) is 9.47 Å². The predicted octanol–water partition coefficient (Wildman–Crippen LogP) is 4.27. The van der Waals surface area contributed by atoms with Crippen LogP contribution < -0.4 is 9.64 Å². The molecule has 0 fully saturated rings. The molecule has 0 aromatic heterocycles. The Labute approximate surface area is 164 Å². The summed E-state index contributed by atoms with van der Waals surface area (Å²) in [5, 5.41) is 0. The van der Waals surface area contributed by atoms with Crippen molar-refractivity contribution in [2.45, 2.75) is 20.8 Å². The third-order valence-electron chi connectivity index (χ3n) is 4.60. The Morgan fingerprint density at radius 3 is 2.39 bits per heavy atom. The molecule has 5 heteroatoms. The number of allylic oxidation sites excluding steroid dienone is 1. The first kappa shape index (κ1) is 19.4. The molecule has 0 N–H and O–H groups in total. The number of aryl methyl sites for hydroxylation is 1. The fraction of sp³-hybridized carbons (Fsp3) is 0.217. The maximum absolute atomic E-state index is 13.3. The summed E-state index contributed by atoms with van der Waals surface area (Å²) in [6, 6.07) is 15.0. The molecular weight excluding hydrogens is 354 g/mol. The third-order valence-corrected chi connectivity index (χ3v) is 4.60. The molecule has 1 heterocycles. The number of hydrogen-bond donors (Lipinski definition) is 0. The van der Waals surface area contributed by atoms with Gasteiger partial charge in [0.25, 0.3) is 5.91 Å². The van der Waals surface area contributed by atoms with Crippen molar-refractivity contribution in [3.63, 3.8) is 0 Å². The molecule has 0 saturated heterocycles. The number of benzene rings is 2. The Morgan fingerprint density at radius 1 is 1.07 bits per heavy atom. The number of anilines is 1. The zero-order valence-electron chi connectivity index (χ0n) is 16.5. The summed E-state index contributed by atoms with van der Waals surface area (Å²) in [5.74, 6) is -0.158. The molecule has 0 radical (unpaired) electrons. The van der Waals surface area contributed by atoms with E-state index < -0.39 is 5.97 Å². The molecular formula is C23H23NO4. The summed E-state index contributed by atoms with van der Waals surface area (Å²) >= 11 is 0. The van der Waals surface area contributed by atoms with Crippen molar-refractivity contribution in [3.8, 4) is 5.75 Å². The molecule has 28 heavy (non-hydrogen) atoms. The first-order valence-corrected chi connectivity index (χ1v) is 9.12. The molecule has 2 aromatic carbocycles. The molecule has 0 atom stereocenters. The molecule has 144 valence electrons. The van der Waals surface area contributed by atoms with Crippen LogP contribution in [0.25, 0.3) is 6.08 Å². The van der Waals surface area contributed by atoms with Crippen molar-refractivity contribution in [1.82, 2.24) is 0 Å². The Bertz CT molecular complexity index is 970. The Kier molecular flexibility index (Phi) is 5.64. The standard InChI is InChI=1S/C23H23NO4/c1-5-28-20-9-7-6-8-17(20)14-19-21(23(26)27-4)16(3)24(22(19)25)18-12-10-15(2)11-13-18/h6-14H,5H2,1-4H3. The number of hydrogen-bond acceptors (Lipinski definition) is 4. The van der Waals surface area contributed by atoms with Crippen LogP contribution in [0.15, 0.2) is 65.4 Å². The number of amides is 1. The van der Waals surface area contributed by atoms with Gasteiger partial charge in [0.2, 0.25) is 0 Å². The fourth-order valence-corrected chi connectivity index (χ4v) is 3.23. The van der Waals surface area contributed by atoms with E-state index in [-0.39, 0.29) is 17.1 Å². The van der Waals surface area contributed by atoms with E-state index in [9.17, 15) is 9.59 Å². The second-order valence-electron chi connectivity index (χ2n) is 6.46. The normalized spacial score (nSPS) is 15.4. The number of carbonyl (C=O) groups is 2. The van der Waals surface area contributed by atoms with E-state index in [1.807, 2.05) is 62.4 Å². The SMILES string of the molecule is CCOc1ccccc1C=C1C(=O)N(c2ccc(C)cc2)C(C)=C1C(=O)OC. The summed E-state index contributed by atoms with van der Waals surface area (Å²) < 4.78 is 10.6. The van der Waals surface area contributed by atoms with Gasteiger partial charge in [0.05, 0.1) is 24.9 Å². The minimum Gasteiger partial charge on any atom is -0.493 e. The highest BCUT2D eigenvalue weighted by molar-refractivity contribution is 6.23. The number of para-hydroxylation sites is 1. The summed E-state index contributed by atoms with van der Waals surface area (Å²) in [5.41, 5.74) is 3.62. The maximum atomic E-state index is 13.3. The van der Waals surface area contributed by atoms with Gasteiger partial charge in [-0.05, 0) is 45.0 Å². The molecule has 0 aliphatic carbocycles. The van der Waals surface area contributed by atoms with Crippen molar-refractivity contribution in [3.05, 3.63) is 76.5 Å². The van der Waals surface area contributed by atoms with Crippen LogP contribution in [0.2, 0.25) is 0 Å². The summed E-state index contributed by atoms with van der Waals surface area (Å²) in [6.07, 6.45) is 1.69. The largest absolute Gasteiger partial charge is 0.493 e. The van der Waals surface area contributed by atoms with Crippen LogP contribution in [0, 0.1) is 6.92 Å². The topological polar surface area (TPSA) is 55.8 Å². The fourth-order valence-electron chi connectivity index (χ4n) is 3.23. The number of carbonyl (C=O) groups excluding carboxylic acids is 2. The van der Waals surface area contributed by atoms with Gasteiger partial charge in [0, 0.05) is 16.9 Å². The molecule has 1 aliphatic heterocycles. The zero-order valence-corrected chi connectivity index (χ0v) is 16.5. The highest BCUT2D eigenvalue weighted by Crippen LogP contribution is 2.36. The summed E-state index contributed by atoms with van der Waals surface area (Å²) in [7, 11) is 1.31. The van der Waals surface area contributed by atoms with E-state index in [1.54, 1.807) is 17.9 Å². The second-order valence-corrected chi connectivity index (χ2v) is 6.46. The molecule has 1 amide bonds. The monoisotopic (exact) mass is 377 g/mol. The van der Waals surface area contributed by atoms with E-state index >= 15 is 0 Å². The van der Waals surface area contributed by atoms with Crippen LogP contribution in [0.4, 0.5) is 5.69 Å². The van der Waals surface area contributed by atoms with Gasteiger partial charge < -0.3 is 9.47 Å². The smallest absolute Gasteiger partial charge is 0.340 e. The van der Waals surface area contributed by atoms with Gasteiger partial charge in [0.15, 0.2) is 0 Å². The van der Waals surface area contributed by atoms with Crippen LogP contribution in [-0.2, 0) is 14.3 Å². The zero-order chi connectivity index (χ0) is 20.3. The quantitative estimate of drug-likeness (QED) is 0.577. The summed E-state index contributed by atoms with van der Waals surface area (Å²) in [4.78, 5) is 27.3. The second kappa shape index (κ2) is 8.13. The Hall–Kier alpha value is -3.34. The summed E-state index contributed by atoms with van der Waals surface area (Å²) in [6.45, 7) is 6.13. The molecule has 0 unspecified atom stereocenters. The lowest BCUT2D eigenvalue weighted by molar-refractivity contribution is -0.136. The van der Waals surface area contributed by atoms with Crippen LogP contribution in [0.1, 0.15) is 25.0 Å². The van der Waals surface area contributed by atoms with Crippen molar-refractivity contribution < 1.29 is 19.1 Å². The highest BCUT2D eigenvalue weighted by Gasteiger charge is 2.38. The van der Waals surface area contributed by atoms with Gasteiger partial charge in [-0.2, -0.15) is 0 Å². The highest BCUT2D eigenvalue weighted by atomic mass is 16.5. The van der Waals surface area contributed by atoms with Gasteiger partial charge in [-0.1, -0.05) is 35.9 Å². The van der Waals surface area contributed by atoms with Gasteiger partial charge in [-0.3, -0.25) is 9.69 Å². The molecule has 1 aliphatic rings. The van der Waals surface area contributed by atoms with Crippen LogP contribution in [-0.4, -0.2) is 25.6 Å². The molecule has 0 bridgehead atoms. The predicted molar refractivity (Wildman–Crippen MR) is 109 cm³/mol. The van der Waals surface area contributed by atoms with Gasteiger partial charge in [-0.15, -0.1) is 0 Å². The number of nitrogens with zero attached hydrogens (tertiary/aromatic N) is 1.